The average Bonchev–Trinajstić information content (AvgIpc) is 3.09. The van der Waals surface area contributed by atoms with Crippen LogP contribution in [0.5, 0.6) is 0 Å². The summed E-state index contributed by atoms with van der Waals surface area (Å²) >= 11 is 0. The Morgan fingerprint density at radius 2 is 0.981 bits per heavy atom. The number of phosphoric ester groups is 1. The van der Waals surface area contributed by atoms with Crippen molar-refractivity contribution in [3.63, 3.8) is 0 Å². The Balaban J connectivity index is 4.24. The number of phosphoric acid groups is 1. The van der Waals surface area contributed by atoms with Gasteiger partial charge in [0.2, 0.25) is 0 Å². The number of hydrogen-bond acceptors (Lipinski definition) is 8. The molecule has 0 amide bonds. The Bertz CT molecular complexity index is 907. The van der Waals surface area contributed by atoms with Crippen molar-refractivity contribution in [3.8, 4) is 0 Å². The molecule has 0 bridgehead atoms. The van der Waals surface area contributed by atoms with Crippen LogP contribution in [0.4, 0.5) is 0 Å². The molecule has 0 saturated heterocycles. The number of carbonyl (C=O) groups excluding carboxylic acids is 2. The summed E-state index contributed by atoms with van der Waals surface area (Å²) in [5.41, 5.74) is 0. The van der Waals surface area contributed by atoms with Crippen LogP contribution in [0.25, 0.3) is 0 Å². The van der Waals surface area contributed by atoms with E-state index in [1.165, 1.54) is 122 Å². The molecule has 9 nitrogen and oxygen atoms in total. The zero-order valence-electron chi connectivity index (χ0n) is 34.5. The van der Waals surface area contributed by atoms with Crippen LogP contribution in [0, 0.1) is 0 Å². The van der Waals surface area contributed by atoms with E-state index in [2.05, 4.69) is 26.0 Å². The third-order valence-corrected chi connectivity index (χ3v) is 10.2. The van der Waals surface area contributed by atoms with Gasteiger partial charge in [0, 0.05) is 12.8 Å². The molecule has 0 saturated carbocycles. The molecule has 0 radical (unpaired) electrons. The fourth-order valence-electron chi connectivity index (χ4n) is 5.88. The molecule has 52 heavy (non-hydrogen) atoms. The van der Waals surface area contributed by atoms with E-state index in [9.17, 15) is 19.0 Å². The summed E-state index contributed by atoms with van der Waals surface area (Å²) < 4.78 is 33.8. The monoisotopic (exact) mass is 760 g/mol. The van der Waals surface area contributed by atoms with Gasteiger partial charge in [-0.25, -0.2) is 0 Å². The number of quaternary nitrogens is 1. The van der Waals surface area contributed by atoms with Gasteiger partial charge >= 0.3 is 11.9 Å². The maximum absolute atomic E-state index is 12.6. The molecule has 0 N–H and O–H groups in total. The summed E-state index contributed by atoms with van der Waals surface area (Å²) in [5.74, 6) is -0.833. The van der Waals surface area contributed by atoms with E-state index >= 15 is 0 Å². The molecule has 10 heteroatoms. The Labute approximate surface area is 320 Å². The molecule has 2 atom stereocenters. The quantitative estimate of drug-likeness (QED) is 0.0200. The lowest BCUT2D eigenvalue weighted by atomic mass is 10.1. The topological polar surface area (TPSA) is 111 Å². The van der Waals surface area contributed by atoms with E-state index in [4.69, 9.17) is 18.5 Å². The van der Waals surface area contributed by atoms with Crippen LogP contribution in [0.1, 0.15) is 194 Å². The van der Waals surface area contributed by atoms with Crippen molar-refractivity contribution in [2.24, 2.45) is 0 Å². The first-order chi connectivity index (χ1) is 25.0. The molecule has 1 unspecified atom stereocenters. The lowest BCUT2D eigenvalue weighted by Gasteiger charge is -2.28. The molecule has 0 fully saturated rings. The van der Waals surface area contributed by atoms with Crippen molar-refractivity contribution in [1.82, 2.24) is 0 Å². The highest BCUT2D eigenvalue weighted by molar-refractivity contribution is 7.45. The van der Waals surface area contributed by atoms with Crippen molar-refractivity contribution in [2.75, 3.05) is 47.5 Å². The number of nitrogens with zero attached hydrogens (tertiary/aromatic N) is 1. The minimum Gasteiger partial charge on any atom is -0.756 e. The highest BCUT2D eigenvalue weighted by atomic mass is 31.2. The normalized spacial score (nSPS) is 13.7. The Morgan fingerprint density at radius 3 is 1.42 bits per heavy atom. The average molecular weight is 760 g/mol. The maximum atomic E-state index is 12.6. The van der Waals surface area contributed by atoms with Crippen molar-refractivity contribution in [1.29, 1.82) is 0 Å². The summed E-state index contributed by atoms with van der Waals surface area (Å²) in [7, 11) is 1.17. The number of carbonyl (C=O) groups is 2. The SMILES string of the molecule is CCCCCCCC/C=C/CCCCCCCCCCCC(=O)OC[C@@H](COP(=O)([O-])OCC[N+](C)(C)C)OC(=O)CCCCCCCCCCC. The number of hydrogen-bond donors (Lipinski definition) is 0. The van der Waals surface area contributed by atoms with Crippen molar-refractivity contribution in [2.45, 2.75) is 200 Å². The van der Waals surface area contributed by atoms with Crippen LogP contribution >= 0.6 is 7.82 Å². The van der Waals surface area contributed by atoms with Crippen LogP contribution in [0.3, 0.4) is 0 Å². The van der Waals surface area contributed by atoms with E-state index in [1.54, 1.807) is 0 Å². The number of allylic oxidation sites excluding steroid dienone is 2. The standard InChI is InChI=1S/C42H82NO8P/c1-6-8-10-12-14-16-17-18-19-20-21-22-23-24-25-27-28-30-32-34-41(44)48-38-40(39-50-52(46,47)49-37-36-43(3,4)5)51-42(45)35-33-31-29-26-15-13-11-9-7-2/h18-19,40H,6-17,20-39H2,1-5H3/b19-18+/t40-/m0/s1. The van der Waals surface area contributed by atoms with Crippen LogP contribution in [-0.2, 0) is 32.7 Å². The van der Waals surface area contributed by atoms with Crippen molar-refractivity contribution < 1.29 is 42.1 Å². The number of esters is 2. The summed E-state index contributed by atoms with van der Waals surface area (Å²) in [5, 5.41) is 0. The molecule has 0 aliphatic rings. The first-order valence-corrected chi connectivity index (χ1v) is 22.9. The Kier molecular flexibility index (Phi) is 34.6. The largest absolute Gasteiger partial charge is 0.756 e. The molecule has 0 heterocycles. The molecule has 0 rings (SSSR count). The zero-order chi connectivity index (χ0) is 38.6. The molecule has 0 spiro atoms. The van der Waals surface area contributed by atoms with Crippen LogP contribution in [-0.4, -0.2) is 70.0 Å². The van der Waals surface area contributed by atoms with Gasteiger partial charge in [-0.3, -0.25) is 14.2 Å². The number of rotatable bonds is 39. The smallest absolute Gasteiger partial charge is 0.306 e. The second kappa shape index (κ2) is 35.5. The minimum atomic E-state index is -4.61. The molecular formula is C42H82NO8P. The molecule has 0 aromatic rings. The molecule has 308 valence electrons. The van der Waals surface area contributed by atoms with Gasteiger partial charge in [-0.05, 0) is 38.5 Å². The summed E-state index contributed by atoms with van der Waals surface area (Å²) in [4.78, 5) is 37.4. The summed E-state index contributed by atoms with van der Waals surface area (Å²) in [6.45, 7) is 4.21. The van der Waals surface area contributed by atoms with Gasteiger partial charge < -0.3 is 27.9 Å². The molecule has 0 aliphatic heterocycles. The van der Waals surface area contributed by atoms with E-state index in [1.807, 2.05) is 21.1 Å². The van der Waals surface area contributed by atoms with Gasteiger partial charge in [0.25, 0.3) is 7.82 Å². The van der Waals surface area contributed by atoms with Crippen LogP contribution < -0.4 is 4.89 Å². The fourth-order valence-corrected chi connectivity index (χ4v) is 6.61. The second-order valence-electron chi connectivity index (χ2n) is 15.7. The van der Waals surface area contributed by atoms with E-state index in [0.29, 0.717) is 17.4 Å². The Morgan fingerprint density at radius 1 is 0.577 bits per heavy atom. The maximum Gasteiger partial charge on any atom is 0.306 e. The second-order valence-corrected chi connectivity index (χ2v) is 17.1. The van der Waals surface area contributed by atoms with Gasteiger partial charge in [0.05, 0.1) is 27.7 Å². The highest BCUT2D eigenvalue weighted by Crippen LogP contribution is 2.38. The number of likely N-dealkylation sites (N-methyl/N-ethyl adjacent to an activating group) is 1. The number of unbranched alkanes of at least 4 members (excludes halogenated alkanes) is 23. The van der Waals surface area contributed by atoms with Crippen LogP contribution in [0.2, 0.25) is 0 Å². The fraction of sp³-hybridized carbons (Fsp3) is 0.905. The lowest BCUT2D eigenvalue weighted by Crippen LogP contribution is -2.37. The molecule has 0 aromatic carbocycles. The van der Waals surface area contributed by atoms with Gasteiger partial charge in [0.15, 0.2) is 6.10 Å². The van der Waals surface area contributed by atoms with Crippen molar-refractivity contribution in [3.05, 3.63) is 12.2 Å². The third kappa shape index (κ3) is 38.5. The van der Waals surface area contributed by atoms with Crippen LogP contribution in [0.15, 0.2) is 12.2 Å². The predicted molar refractivity (Wildman–Crippen MR) is 213 cm³/mol. The zero-order valence-corrected chi connectivity index (χ0v) is 35.4. The van der Waals surface area contributed by atoms with Gasteiger partial charge in [-0.1, -0.05) is 154 Å². The lowest BCUT2D eigenvalue weighted by molar-refractivity contribution is -0.870. The summed E-state index contributed by atoms with van der Waals surface area (Å²) in [6.07, 6.45) is 35.3. The molecule has 0 aromatic heterocycles. The first-order valence-electron chi connectivity index (χ1n) is 21.4. The first kappa shape index (κ1) is 50.8. The van der Waals surface area contributed by atoms with Crippen molar-refractivity contribution >= 4 is 19.8 Å². The predicted octanol–water partition coefficient (Wildman–Crippen LogP) is 11.2. The Hall–Kier alpha value is -1.25. The van der Waals surface area contributed by atoms with Gasteiger partial charge in [-0.15, -0.1) is 0 Å². The van der Waals surface area contributed by atoms with Gasteiger partial charge in [0.1, 0.15) is 19.8 Å². The number of ether oxygens (including phenoxy) is 2. The van der Waals surface area contributed by atoms with E-state index in [0.717, 1.165) is 38.5 Å². The molecule has 0 aliphatic carbocycles. The minimum absolute atomic E-state index is 0.0282. The molecular weight excluding hydrogens is 677 g/mol. The third-order valence-electron chi connectivity index (χ3n) is 9.29. The summed E-state index contributed by atoms with van der Waals surface area (Å²) in [6, 6.07) is 0. The van der Waals surface area contributed by atoms with E-state index < -0.39 is 26.5 Å². The van der Waals surface area contributed by atoms with Gasteiger partial charge in [-0.2, -0.15) is 0 Å². The van der Waals surface area contributed by atoms with E-state index in [-0.39, 0.29) is 32.0 Å². The highest BCUT2D eigenvalue weighted by Gasteiger charge is 2.21.